The monoisotopic (exact) mass is 265 g/mol. The number of hydrogen-bond donors (Lipinski definition) is 2. The van der Waals surface area contributed by atoms with Crippen molar-refractivity contribution in [3.05, 3.63) is 41.0 Å². The Balaban J connectivity index is 2.45. The zero-order valence-electron chi connectivity index (χ0n) is 7.68. The van der Waals surface area contributed by atoms with Crippen LogP contribution in [0, 0.1) is 0 Å². The van der Waals surface area contributed by atoms with E-state index in [9.17, 15) is 5.11 Å². The lowest BCUT2D eigenvalue weighted by atomic mass is 10.1. The molecule has 0 atom stereocenters. The molecule has 0 spiro atoms. The SMILES string of the molecule is Oc1ccc(-c2ccc(Br)cn2)cc1O. The van der Waals surface area contributed by atoms with E-state index >= 15 is 0 Å². The van der Waals surface area contributed by atoms with Crippen LogP contribution in [0.3, 0.4) is 0 Å². The summed E-state index contributed by atoms with van der Waals surface area (Å²) in [7, 11) is 0. The van der Waals surface area contributed by atoms with Gasteiger partial charge in [0.05, 0.1) is 5.69 Å². The topological polar surface area (TPSA) is 53.4 Å². The van der Waals surface area contributed by atoms with Gasteiger partial charge in [-0.1, -0.05) is 0 Å². The Bertz CT molecular complexity index is 482. The molecule has 0 amide bonds. The fraction of sp³-hybridized carbons (Fsp3) is 0. The van der Waals surface area contributed by atoms with Gasteiger partial charge < -0.3 is 10.2 Å². The van der Waals surface area contributed by atoms with E-state index in [1.54, 1.807) is 12.3 Å². The van der Waals surface area contributed by atoms with Crippen molar-refractivity contribution in [1.82, 2.24) is 4.98 Å². The Kier molecular flexibility index (Phi) is 2.60. The van der Waals surface area contributed by atoms with Crippen molar-refractivity contribution in [2.75, 3.05) is 0 Å². The smallest absolute Gasteiger partial charge is 0.158 e. The highest BCUT2D eigenvalue weighted by Crippen LogP contribution is 2.29. The number of phenolic OH excluding ortho intramolecular Hbond substituents is 2. The van der Waals surface area contributed by atoms with Crippen molar-refractivity contribution >= 4 is 15.9 Å². The van der Waals surface area contributed by atoms with Crippen LogP contribution in [0.1, 0.15) is 0 Å². The van der Waals surface area contributed by atoms with Crippen LogP contribution in [0.4, 0.5) is 0 Å². The summed E-state index contributed by atoms with van der Waals surface area (Å²) in [5.74, 6) is -0.270. The molecule has 0 saturated heterocycles. The van der Waals surface area contributed by atoms with Gasteiger partial charge in [0.2, 0.25) is 0 Å². The van der Waals surface area contributed by atoms with Crippen molar-refractivity contribution < 1.29 is 10.2 Å². The van der Waals surface area contributed by atoms with E-state index in [-0.39, 0.29) is 11.5 Å². The third-order valence-electron chi connectivity index (χ3n) is 2.00. The van der Waals surface area contributed by atoms with E-state index in [1.807, 2.05) is 12.1 Å². The molecule has 0 fully saturated rings. The van der Waals surface area contributed by atoms with Gasteiger partial charge in [-0.05, 0) is 46.3 Å². The maximum Gasteiger partial charge on any atom is 0.158 e. The van der Waals surface area contributed by atoms with E-state index in [4.69, 9.17) is 5.11 Å². The molecule has 2 N–H and O–H groups in total. The molecule has 76 valence electrons. The normalized spacial score (nSPS) is 10.2. The van der Waals surface area contributed by atoms with Crippen molar-refractivity contribution in [1.29, 1.82) is 0 Å². The summed E-state index contributed by atoms with van der Waals surface area (Å²) in [5.41, 5.74) is 1.51. The lowest BCUT2D eigenvalue weighted by Gasteiger charge is -2.02. The summed E-state index contributed by atoms with van der Waals surface area (Å²) in [6.07, 6.45) is 1.68. The van der Waals surface area contributed by atoms with Gasteiger partial charge in [-0.25, -0.2) is 0 Å². The summed E-state index contributed by atoms with van der Waals surface area (Å²) >= 11 is 3.29. The van der Waals surface area contributed by atoms with Gasteiger partial charge in [0.1, 0.15) is 0 Å². The Labute approximate surface area is 95.2 Å². The van der Waals surface area contributed by atoms with Crippen LogP contribution in [-0.2, 0) is 0 Å². The number of hydrogen-bond acceptors (Lipinski definition) is 3. The van der Waals surface area contributed by atoms with Crippen LogP contribution in [0.5, 0.6) is 11.5 Å². The molecule has 0 bridgehead atoms. The third kappa shape index (κ3) is 2.10. The summed E-state index contributed by atoms with van der Waals surface area (Å²) < 4.78 is 0.897. The molecule has 0 aliphatic rings. The van der Waals surface area contributed by atoms with Gasteiger partial charge in [0, 0.05) is 16.2 Å². The molecular formula is C11H8BrNO2. The van der Waals surface area contributed by atoms with Gasteiger partial charge in [0.25, 0.3) is 0 Å². The molecule has 3 nitrogen and oxygen atoms in total. The second-order valence-electron chi connectivity index (χ2n) is 3.07. The van der Waals surface area contributed by atoms with Crippen LogP contribution >= 0.6 is 15.9 Å². The number of benzene rings is 1. The van der Waals surface area contributed by atoms with Gasteiger partial charge in [-0.2, -0.15) is 0 Å². The van der Waals surface area contributed by atoms with Gasteiger partial charge in [-0.3, -0.25) is 4.98 Å². The number of halogens is 1. The summed E-state index contributed by atoms with van der Waals surface area (Å²) in [4.78, 5) is 4.18. The van der Waals surface area contributed by atoms with Crippen LogP contribution in [0.2, 0.25) is 0 Å². The number of pyridine rings is 1. The van der Waals surface area contributed by atoms with Crippen molar-refractivity contribution in [2.45, 2.75) is 0 Å². The first-order chi connectivity index (χ1) is 7.16. The highest BCUT2D eigenvalue weighted by Gasteiger charge is 2.03. The molecule has 0 saturated carbocycles. The molecule has 1 aromatic heterocycles. The maximum absolute atomic E-state index is 9.33. The zero-order valence-corrected chi connectivity index (χ0v) is 9.27. The quantitative estimate of drug-likeness (QED) is 0.780. The zero-order chi connectivity index (χ0) is 10.8. The molecule has 0 aliphatic heterocycles. The first-order valence-electron chi connectivity index (χ1n) is 4.31. The van der Waals surface area contributed by atoms with E-state index < -0.39 is 0 Å². The van der Waals surface area contributed by atoms with Crippen molar-refractivity contribution in [3.63, 3.8) is 0 Å². The molecule has 2 aromatic rings. The van der Waals surface area contributed by atoms with Gasteiger partial charge >= 0.3 is 0 Å². The summed E-state index contributed by atoms with van der Waals surface area (Å²) in [6, 6.07) is 8.31. The van der Waals surface area contributed by atoms with Crippen LogP contribution in [0.25, 0.3) is 11.3 Å². The second-order valence-corrected chi connectivity index (χ2v) is 3.98. The molecule has 0 radical (unpaired) electrons. The molecular weight excluding hydrogens is 258 g/mol. The third-order valence-corrected chi connectivity index (χ3v) is 2.47. The predicted molar refractivity (Wildman–Crippen MR) is 60.7 cm³/mol. The molecule has 1 heterocycles. The van der Waals surface area contributed by atoms with Crippen molar-refractivity contribution in [3.8, 4) is 22.8 Å². The molecule has 4 heteroatoms. The minimum absolute atomic E-state index is 0.129. The van der Waals surface area contributed by atoms with Crippen LogP contribution in [-0.4, -0.2) is 15.2 Å². The fourth-order valence-electron chi connectivity index (χ4n) is 1.23. The lowest BCUT2D eigenvalue weighted by molar-refractivity contribution is 0.404. The fourth-order valence-corrected chi connectivity index (χ4v) is 1.46. The number of rotatable bonds is 1. The van der Waals surface area contributed by atoms with Crippen molar-refractivity contribution in [2.24, 2.45) is 0 Å². The maximum atomic E-state index is 9.33. The average molecular weight is 266 g/mol. The first-order valence-corrected chi connectivity index (χ1v) is 5.10. The number of aromatic nitrogens is 1. The van der Waals surface area contributed by atoms with E-state index in [0.29, 0.717) is 0 Å². The van der Waals surface area contributed by atoms with E-state index in [0.717, 1.165) is 15.7 Å². The largest absolute Gasteiger partial charge is 0.504 e. The Hall–Kier alpha value is -1.55. The average Bonchev–Trinajstić information content (AvgIpc) is 2.23. The number of nitrogens with zero attached hydrogens (tertiary/aromatic N) is 1. The molecule has 2 rings (SSSR count). The highest BCUT2D eigenvalue weighted by molar-refractivity contribution is 9.10. The Morgan fingerprint density at radius 1 is 1.00 bits per heavy atom. The molecule has 1 aromatic carbocycles. The van der Waals surface area contributed by atoms with Gasteiger partial charge in [0.15, 0.2) is 11.5 Å². The first kappa shape index (κ1) is 9.98. The minimum atomic E-state index is -0.141. The lowest BCUT2D eigenvalue weighted by Crippen LogP contribution is -1.82. The summed E-state index contributed by atoms with van der Waals surface area (Å²) in [5, 5.41) is 18.5. The van der Waals surface area contributed by atoms with Crippen LogP contribution in [0.15, 0.2) is 41.0 Å². The predicted octanol–water partition coefficient (Wildman–Crippen LogP) is 2.92. The minimum Gasteiger partial charge on any atom is -0.504 e. The van der Waals surface area contributed by atoms with Crippen LogP contribution < -0.4 is 0 Å². The van der Waals surface area contributed by atoms with E-state index in [1.165, 1.54) is 12.1 Å². The standard InChI is InChI=1S/C11H8BrNO2/c12-8-2-3-9(13-6-8)7-1-4-10(14)11(15)5-7/h1-6,14-15H. The number of aromatic hydroxyl groups is 2. The Morgan fingerprint density at radius 2 is 1.80 bits per heavy atom. The summed E-state index contributed by atoms with van der Waals surface area (Å²) in [6.45, 7) is 0. The molecule has 0 unspecified atom stereocenters. The highest BCUT2D eigenvalue weighted by atomic mass is 79.9. The van der Waals surface area contributed by atoms with Gasteiger partial charge in [-0.15, -0.1) is 0 Å². The van der Waals surface area contributed by atoms with E-state index in [2.05, 4.69) is 20.9 Å². The Morgan fingerprint density at radius 3 is 2.40 bits per heavy atom. The second kappa shape index (κ2) is 3.90. The molecule has 15 heavy (non-hydrogen) atoms. The molecule has 0 aliphatic carbocycles. The number of phenols is 2.